The van der Waals surface area contributed by atoms with E-state index in [-0.39, 0.29) is 6.61 Å². The Balaban J connectivity index is 1.48. The highest BCUT2D eigenvalue weighted by Crippen LogP contribution is 2.12. The minimum atomic E-state index is 0.0370. The second-order valence-electron chi connectivity index (χ2n) is 5.08. The average molecular weight is 317 g/mol. The summed E-state index contributed by atoms with van der Waals surface area (Å²) in [5, 5.41) is 12.0. The molecule has 1 aromatic carbocycles. The van der Waals surface area contributed by atoms with Crippen molar-refractivity contribution in [1.82, 2.24) is 4.98 Å². The molecule has 0 spiro atoms. The van der Waals surface area contributed by atoms with Crippen LogP contribution in [0.1, 0.15) is 35.5 Å². The first kappa shape index (κ1) is 16.9. The number of unbranched alkanes of at least 4 members (excludes halogenated alkanes) is 1. The number of aliphatic hydroxyl groups excluding tert-OH is 1. The van der Waals surface area contributed by atoms with Crippen molar-refractivity contribution in [1.29, 1.82) is 0 Å². The lowest BCUT2D eigenvalue weighted by molar-refractivity contribution is 0.119. The molecule has 3 nitrogen and oxygen atoms in total. The maximum absolute atomic E-state index is 8.95. The zero-order chi connectivity index (χ0) is 15.5. The summed E-state index contributed by atoms with van der Waals surface area (Å²) >= 11 is 1.62. The van der Waals surface area contributed by atoms with E-state index in [2.05, 4.69) is 29.3 Å². The van der Waals surface area contributed by atoms with Crippen LogP contribution in [0, 0.1) is 0 Å². The van der Waals surface area contributed by atoms with Crippen molar-refractivity contribution in [2.24, 2.45) is 0 Å². The van der Waals surface area contributed by atoms with E-state index in [1.807, 2.05) is 23.6 Å². The quantitative estimate of drug-likeness (QED) is 0.529. The van der Waals surface area contributed by atoms with Crippen molar-refractivity contribution in [3.05, 3.63) is 64.1 Å². The van der Waals surface area contributed by atoms with Gasteiger partial charge in [0.1, 0.15) is 0 Å². The number of rotatable bonds is 10. The Morgan fingerprint density at radius 1 is 1.14 bits per heavy atom. The minimum Gasteiger partial charge on any atom is -0.390 e. The van der Waals surface area contributed by atoms with E-state index >= 15 is 0 Å². The third kappa shape index (κ3) is 6.52. The molecule has 0 saturated heterocycles. The van der Waals surface area contributed by atoms with Crippen LogP contribution in [-0.4, -0.2) is 16.7 Å². The molecule has 118 valence electrons. The molecule has 1 N–H and O–H groups in total. The van der Waals surface area contributed by atoms with Crippen LogP contribution in [0.2, 0.25) is 0 Å². The number of allylic oxidation sites excluding steroid dienone is 2. The van der Waals surface area contributed by atoms with Gasteiger partial charge >= 0.3 is 0 Å². The Hall–Kier alpha value is -1.49. The number of hydrogen-bond donors (Lipinski definition) is 1. The lowest BCUT2D eigenvalue weighted by Gasteiger charge is -2.02. The van der Waals surface area contributed by atoms with Gasteiger partial charge in [-0.05, 0) is 24.8 Å². The van der Waals surface area contributed by atoms with E-state index < -0.39 is 0 Å². The number of ether oxygens (including phenoxy) is 1. The number of thiazole rings is 1. The molecule has 0 aliphatic heterocycles. The van der Waals surface area contributed by atoms with Gasteiger partial charge in [-0.3, -0.25) is 0 Å². The van der Waals surface area contributed by atoms with E-state index in [4.69, 9.17) is 9.84 Å². The van der Waals surface area contributed by atoms with E-state index in [9.17, 15) is 0 Å². The van der Waals surface area contributed by atoms with Gasteiger partial charge in [0.15, 0.2) is 0 Å². The van der Waals surface area contributed by atoms with Gasteiger partial charge in [-0.1, -0.05) is 42.5 Å². The van der Waals surface area contributed by atoms with Crippen molar-refractivity contribution in [3.63, 3.8) is 0 Å². The fourth-order valence-corrected chi connectivity index (χ4v) is 2.85. The van der Waals surface area contributed by atoms with Crippen molar-refractivity contribution in [2.75, 3.05) is 6.61 Å². The van der Waals surface area contributed by atoms with Crippen molar-refractivity contribution in [2.45, 2.75) is 38.9 Å². The predicted molar refractivity (Wildman–Crippen MR) is 90.8 cm³/mol. The molecule has 4 heteroatoms. The third-order valence-corrected chi connectivity index (χ3v) is 4.18. The normalized spacial score (nSPS) is 11.3. The standard InChI is InChI=1S/C18H23NO2S/c20-13-17-15-22-18(19-17)11-7-2-1-3-8-12-21-14-16-9-5-4-6-10-16/h1-2,4-6,9-10,15,20H,3,7-8,11-14H2/b2-1+. The SMILES string of the molecule is OCc1csc(CC/C=C/CCCOCc2ccccc2)n1. The number of aliphatic hydroxyl groups is 1. The molecule has 1 aromatic heterocycles. The van der Waals surface area contributed by atoms with Crippen molar-refractivity contribution >= 4 is 11.3 Å². The smallest absolute Gasteiger partial charge is 0.0932 e. The second-order valence-corrected chi connectivity index (χ2v) is 6.02. The summed E-state index contributed by atoms with van der Waals surface area (Å²) in [6.45, 7) is 1.53. The number of aryl methyl sites for hydroxylation is 1. The van der Waals surface area contributed by atoms with E-state index in [0.29, 0.717) is 6.61 Å². The van der Waals surface area contributed by atoms with Crippen LogP contribution < -0.4 is 0 Å². The highest BCUT2D eigenvalue weighted by Gasteiger charge is 1.99. The zero-order valence-corrected chi connectivity index (χ0v) is 13.6. The molecular weight excluding hydrogens is 294 g/mol. The molecular formula is C18H23NO2S. The van der Waals surface area contributed by atoms with Gasteiger partial charge in [0.25, 0.3) is 0 Å². The molecule has 0 unspecified atom stereocenters. The highest BCUT2D eigenvalue weighted by molar-refractivity contribution is 7.09. The first-order valence-corrected chi connectivity index (χ1v) is 8.57. The Morgan fingerprint density at radius 2 is 1.95 bits per heavy atom. The summed E-state index contributed by atoms with van der Waals surface area (Å²) in [5.41, 5.74) is 2.00. The van der Waals surface area contributed by atoms with Gasteiger partial charge in [-0.2, -0.15) is 0 Å². The number of nitrogens with zero attached hydrogens (tertiary/aromatic N) is 1. The van der Waals surface area contributed by atoms with E-state index in [0.717, 1.165) is 43.0 Å². The zero-order valence-electron chi connectivity index (χ0n) is 12.8. The summed E-state index contributed by atoms with van der Waals surface area (Å²) in [6.07, 6.45) is 8.47. The Bertz CT molecular complexity index is 551. The lowest BCUT2D eigenvalue weighted by atomic mass is 10.2. The molecule has 0 fully saturated rings. The number of benzene rings is 1. The first-order chi connectivity index (χ1) is 10.9. The monoisotopic (exact) mass is 317 g/mol. The van der Waals surface area contributed by atoms with Crippen LogP contribution in [0.5, 0.6) is 0 Å². The predicted octanol–water partition coefficient (Wildman–Crippen LogP) is 4.12. The summed E-state index contributed by atoms with van der Waals surface area (Å²) < 4.78 is 5.64. The molecule has 0 radical (unpaired) electrons. The molecule has 0 atom stereocenters. The van der Waals surface area contributed by atoms with E-state index in [1.54, 1.807) is 11.3 Å². The van der Waals surface area contributed by atoms with Crippen LogP contribution >= 0.6 is 11.3 Å². The Kier molecular flexibility index (Phi) is 7.88. The molecule has 2 aromatic rings. The molecule has 0 saturated carbocycles. The summed E-state index contributed by atoms with van der Waals surface area (Å²) in [5.74, 6) is 0. The van der Waals surface area contributed by atoms with Crippen LogP contribution in [0.3, 0.4) is 0 Å². The van der Waals surface area contributed by atoms with E-state index in [1.165, 1.54) is 5.56 Å². The number of hydrogen-bond acceptors (Lipinski definition) is 4. The third-order valence-electron chi connectivity index (χ3n) is 3.22. The summed E-state index contributed by atoms with van der Waals surface area (Å²) in [4.78, 5) is 4.33. The second kappa shape index (κ2) is 10.3. The Morgan fingerprint density at radius 3 is 2.73 bits per heavy atom. The maximum atomic E-state index is 8.95. The van der Waals surface area contributed by atoms with Gasteiger partial charge in [0, 0.05) is 18.4 Å². The van der Waals surface area contributed by atoms with Crippen LogP contribution in [-0.2, 0) is 24.4 Å². The van der Waals surface area contributed by atoms with Crippen LogP contribution in [0.15, 0.2) is 47.9 Å². The summed E-state index contributed by atoms with van der Waals surface area (Å²) in [6, 6.07) is 10.3. The van der Waals surface area contributed by atoms with Gasteiger partial charge < -0.3 is 9.84 Å². The largest absolute Gasteiger partial charge is 0.390 e. The lowest BCUT2D eigenvalue weighted by Crippen LogP contribution is -1.94. The van der Waals surface area contributed by atoms with Gasteiger partial charge in [-0.25, -0.2) is 4.98 Å². The highest BCUT2D eigenvalue weighted by atomic mass is 32.1. The average Bonchev–Trinajstić information content (AvgIpc) is 3.02. The van der Waals surface area contributed by atoms with Crippen molar-refractivity contribution in [3.8, 4) is 0 Å². The topological polar surface area (TPSA) is 42.4 Å². The van der Waals surface area contributed by atoms with Crippen molar-refractivity contribution < 1.29 is 9.84 Å². The first-order valence-electron chi connectivity index (χ1n) is 7.69. The molecule has 0 amide bonds. The van der Waals surface area contributed by atoms with Crippen LogP contribution in [0.4, 0.5) is 0 Å². The molecule has 0 aliphatic carbocycles. The fourth-order valence-electron chi connectivity index (χ4n) is 2.05. The van der Waals surface area contributed by atoms with Gasteiger partial charge in [-0.15, -0.1) is 11.3 Å². The molecule has 0 aliphatic rings. The fraction of sp³-hybridized carbons (Fsp3) is 0.389. The minimum absolute atomic E-state index is 0.0370. The molecule has 22 heavy (non-hydrogen) atoms. The molecule has 2 rings (SSSR count). The van der Waals surface area contributed by atoms with Gasteiger partial charge in [0.2, 0.25) is 0 Å². The maximum Gasteiger partial charge on any atom is 0.0932 e. The Labute approximate surface area is 136 Å². The molecule has 0 bridgehead atoms. The summed E-state index contributed by atoms with van der Waals surface area (Å²) in [7, 11) is 0. The number of aromatic nitrogens is 1. The molecule has 1 heterocycles. The van der Waals surface area contributed by atoms with Crippen LogP contribution in [0.25, 0.3) is 0 Å². The van der Waals surface area contributed by atoms with Gasteiger partial charge in [0.05, 0.1) is 23.9 Å².